The van der Waals surface area contributed by atoms with Crippen LogP contribution in [-0.2, 0) is 6.42 Å². The van der Waals surface area contributed by atoms with Gasteiger partial charge in [-0.3, -0.25) is 0 Å². The van der Waals surface area contributed by atoms with Crippen LogP contribution < -0.4 is 0 Å². The number of hydrogen-bond acceptors (Lipinski definition) is 2. The molecule has 0 saturated heterocycles. The second-order valence-corrected chi connectivity index (χ2v) is 8.16. The summed E-state index contributed by atoms with van der Waals surface area (Å²) in [6.45, 7) is 0. The Morgan fingerprint density at radius 3 is 1.42 bits per heavy atom. The molecule has 6 rings (SSSR count). The lowest BCUT2D eigenvalue weighted by molar-refractivity contribution is 0.0682. The summed E-state index contributed by atoms with van der Waals surface area (Å²) in [5.74, 6) is -2.07. The Bertz CT molecular complexity index is 1630. The number of fused-ring (bicyclic) bond motifs is 6. The summed E-state index contributed by atoms with van der Waals surface area (Å²) < 4.78 is 0. The van der Waals surface area contributed by atoms with Gasteiger partial charge in [-0.05, 0) is 21.5 Å². The first-order chi connectivity index (χ1) is 16.0. The van der Waals surface area contributed by atoms with Gasteiger partial charge in [-0.2, -0.15) is 0 Å². The molecule has 0 bridgehead atoms. The molecule has 0 spiro atoms. The maximum absolute atomic E-state index is 12.0. The molecule has 6 aromatic rings. The summed E-state index contributed by atoms with van der Waals surface area (Å²) in [6, 6.07) is 23.2. The molecule has 160 valence electrons. The summed E-state index contributed by atoms with van der Waals surface area (Å²) in [6.07, 6.45) is 0.329. The fourth-order valence-electron chi connectivity index (χ4n) is 4.95. The minimum absolute atomic E-state index is 0.130. The Hall–Kier alpha value is -4.58. The Morgan fingerprint density at radius 1 is 0.576 bits per heavy atom. The molecule has 0 unspecified atom stereocenters. The molecule has 0 atom stereocenters. The van der Waals surface area contributed by atoms with E-state index in [2.05, 4.69) is 9.97 Å². The van der Waals surface area contributed by atoms with Gasteiger partial charge in [0.2, 0.25) is 0 Å². The summed E-state index contributed by atoms with van der Waals surface area (Å²) in [5, 5.41) is 26.5. The highest BCUT2D eigenvalue weighted by Gasteiger charge is 2.22. The predicted octanol–water partition coefficient (Wildman–Crippen LogP) is 5.94. The normalized spacial score (nSPS) is 11.6. The van der Waals surface area contributed by atoms with E-state index in [1.165, 1.54) is 0 Å². The molecular weight excluding hydrogens is 416 g/mol. The Labute approximate surface area is 187 Å². The van der Waals surface area contributed by atoms with E-state index in [1.54, 1.807) is 0 Å². The van der Waals surface area contributed by atoms with Gasteiger partial charge in [-0.25, -0.2) is 9.59 Å². The first kappa shape index (κ1) is 19.1. The van der Waals surface area contributed by atoms with Crippen LogP contribution in [0.2, 0.25) is 0 Å². The van der Waals surface area contributed by atoms with Crippen LogP contribution in [-0.4, -0.2) is 32.1 Å². The van der Waals surface area contributed by atoms with Crippen molar-refractivity contribution in [3.63, 3.8) is 0 Å². The van der Waals surface area contributed by atoms with E-state index < -0.39 is 11.9 Å². The van der Waals surface area contributed by atoms with Crippen LogP contribution in [0.5, 0.6) is 0 Å². The smallest absolute Gasteiger partial charge is 0.352 e. The lowest BCUT2D eigenvalue weighted by Gasteiger charge is -2.05. The lowest BCUT2D eigenvalue weighted by Crippen LogP contribution is -1.99. The van der Waals surface area contributed by atoms with Crippen molar-refractivity contribution in [2.75, 3.05) is 0 Å². The molecule has 6 nitrogen and oxygen atoms in total. The summed E-state index contributed by atoms with van der Waals surface area (Å²) >= 11 is 0. The molecule has 6 heteroatoms. The molecular formula is C27H18N2O4. The molecule has 0 saturated carbocycles. The lowest BCUT2D eigenvalue weighted by atomic mass is 9.98. The molecule has 0 radical (unpaired) electrons. The number of aromatic nitrogens is 2. The number of aromatic amines is 2. The number of hydrogen-bond donors (Lipinski definition) is 4. The third-order valence-electron chi connectivity index (χ3n) is 6.33. The maximum Gasteiger partial charge on any atom is 0.352 e. The molecule has 2 heterocycles. The minimum atomic E-state index is -1.03. The number of aromatic carboxylic acids is 2. The third-order valence-corrected chi connectivity index (χ3v) is 6.33. The number of nitrogens with one attached hydrogen (secondary N) is 2. The van der Waals surface area contributed by atoms with Crippen molar-refractivity contribution in [3.8, 4) is 0 Å². The largest absolute Gasteiger partial charge is 0.477 e. The standard InChI is InChI=1S/C27H18N2O4/c30-26(31)24-18-11-9-14-5-1-3-7-16(14)22(18)20(28-24)13-21-23-17-8-4-2-6-15(17)10-12-19(23)25(29-21)27(32)33/h1-12,28-29H,13H2,(H,30,31)(H,32,33). The van der Waals surface area contributed by atoms with Crippen LogP contribution in [0.25, 0.3) is 43.1 Å². The molecule has 4 aromatic carbocycles. The highest BCUT2D eigenvalue weighted by molar-refractivity contribution is 6.17. The van der Waals surface area contributed by atoms with Gasteiger partial charge in [0.1, 0.15) is 11.4 Å². The van der Waals surface area contributed by atoms with Crippen molar-refractivity contribution in [1.29, 1.82) is 0 Å². The van der Waals surface area contributed by atoms with Gasteiger partial charge in [0.05, 0.1) is 0 Å². The summed E-state index contributed by atoms with van der Waals surface area (Å²) in [7, 11) is 0. The van der Waals surface area contributed by atoms with Gasteiger partial charge >= 0.3 is 11.9 Å². The van der Waals surface area contributed by atoms with Crippen molar-refractivity contribution >= 4 is 55.0 Å². The van der Waals surface area contributed by atoms with Crippen molar-refractivity contribution in [2.24, 2.45) is 0 Å². The fraction of sp³-hybridized carbons (Fsp3) is 0.0370. The first-order valence-electron chi connectivity index (χ1n) is 10.5. The van der Waals surface area contributed by atoms with Gasteiger partial charge in [0, 0.05) is 39.4 Å². The molecule has 33 heavy (non-hydrogen) atoms. The van der Waals surface area contributed by atoms with Crippen LogP contribution in [0.1, 0.15) is 32.4 Å². The number of benzene rings is 4. The van der Waals surface area contributed by atoms with Crippen LogP contribution in [0, 0.1) is 0 Å². The van der Waals surface area contributed by atoms with Gasteiger partial charge < -0.3 is 20.2 Å². The minimum Gasteiger partial charge on any atom is -0.477 e. The number of H-pyrrole nitrogens is 2. The summed E-state index contributed by atoms with van der Waals surface area (Å²) in [4.78, 5) is 30.2. The Kier molecular flexibility index (Phi) is 4.04. The zero-order chi connectivity index (χ0) is 22.7. The second kappa shape index (κ2) is 6.97. The van der Waals surface area contributed by atoms with Crippen molar-refractivity contribution in [3.05, 3.63) is 95.6 Å². The number of carbonyl (C=O) groups is 2. The van der Waals surface area contributed by atoms with E-state index in [0.29, 0.717) is 17.2 Å². The van der Waals surface area contributed by atoms with Crippen LogP contribution >= 0.6 is 0 Å². The number of carboxylic acids is 2. The first-order valence-corrected chi connectivity index (χ1v) is 10.5. The average Bonchev–Trinajstić information content (AvgIpc) is 3.39. The summed E-state index contributed by atoms with van der Waals surface area (Å²) in [5.41, 5.74) is 1.72. The van der Waals surface area contributed by atoms with Crippen molar-refractivity contribution in [2.45, 2.75) is 6.42 Å². The molecule has 4 N–H and O–H groups in total. The zero-order valence-corrected chi connectivity index (χ0v) is 17.3. The molecule has 0 aliphatic heterocycles. The van der Waals surface area contributed by atoms with Crippen LogP contribution in [0.4, 0.5) is 0 Å². The van der Waals surface area contributed by atoms with E-state index in [0.717, 1.165) is 43.7 Å². The molecule has 0 amide bonds. The van der Waals surface area contributed by atoms with E-state index >= 15 is 0 Å². The number of rotatable bonds is 4. The van der Waals surface area contributed by atoms with E-state index in [1.807, 2.05) is 72.8 Å². The Morgan fingerprint density at radius 2 is 1.00 bits per heavy atom. The fourth-order valence-corrected chi connectivity index (χ4v) is 4.95. The predicted molar refractivity (Wildman–Crippen MR) is 128 cm³/mol. The van der Waals surface area contributed by atoms with Crippen molar-refractivity contribution in [1.82, 2.24) is 9.97 Å². The molecule has 0 aliphatic rings. The van der Waals surface area contributed by atoms with Crippen LogP contribution in [0.15, 0.2) is 72.8 Å². The van der Waals surface area contributed by atoms with Gasteiger partial charge in [0.15, 0.2) is 0 Å². The molecule has 0 aliphatic carbocycles. The van der Waals surface area contributed by atoms with Gasteiger partial charge in [-0.15, -0.1) is 0 Å². The van der Waals surface area contributed by atoms with Gasteiger partial charge in [0.25, 0.3) is 0 Å². The Balaban J connectivity index is 1.67. The monoisotopic (exact) mass is 434 g/mol. The molecule has 0 fully saturated rings. The highest BCUT2D eigenvalue weighted by atomic mass is 16.4. The second-order valence-electron chi connectivity index (χ2n) is 8.16. The topological polar surface area (TPSA) is 106 Å². The zero-order valence-electron chi connectivity index (χ0n) is 17.3. The van der Waals surface area contributed by atoms with Crippen molar-refractivity contribution < 1.29 is 19.8 Å². The van der Waals surface area contributed by atoms with E-state index in [4.69, 9.17) is 0 Å². The van der Waals surface area contributed by atoms with Crippen LogP contribution in [0.3, 0.4) is 0 Å². The molecule has 2 aromatic heterocycles. The highest BCUT2D eigenvalue weighted by Crippen LogP contribution is 2.36. The average molecular weight is 434 g/mol. The van der Waals surface area contributed by atoms with E-state index in [9.17, 15) is 19.8 Å². The van der Waals surface area contributed by atoms with E-state index in [-0.39, 0.29) is 11.4 Å². The number of carboxylic acid groups (broad SMARTS) is 2. The van der Waals surface area contributed by atoms with Gasteiger partial charge in [-0.1, -0.05) is 72.8 Å². The SMILES string of the molecule is O=C(O)c1[nH]c(Cc2[nH]c(C(=O)O)c3ccc4ccccc4c23)c2c1ccc1ccccc12. The quantitative estimate of drug-likeness (QED) is 0.275. The maximum atomic E-state index is 12.0. The third kappa shape index (κ3) is 2.81.